The molecule has 0 saturated carbocycles. The van der Waals surface area contributed by atoms with Crippen molar-refractivity contribution < 1.29 is 0 Å². The normalized spacial score (nSPS) is 16.2. The first-order valence-corrected chi connectivity index (χ1v) is 5.51. The maximum absolute atomic E-state index is 5.88. The highest BCUT2D eigenvalue weighted by Crippen LogP contribution is 2.32. The van der Waals surface area contributed by atoms with Gasteiger partial charge in [-0.2, -0.15) is 4.83 Å². The highest BCUT2D eigenvalue weighted by atomic mass is 79.9. The zero-order valence-corrected chi connectivity index (χ0v) is 9.66. The van der Waals surface area contributed by atoms with Crippen molar-refractivity contribution in [2.75, 3.05) is 0 Å². The first kappa shape index (κ1) is 9.40. The van der Waals surface area contributed by atoms with Gasteiger partial charge in [0.15, 0.2) is 0 Å². The van der Waals surface area contributed by atoms with Crippen LogP contribution in [-0.2, 0) is 0 Å². The summed E-state index contributed by atoms with van der Waals surface area (Å²) in [5, 5.41) is 0.757. The molecule has 1 aliphatic heterocycles. The molecular formula is C8H6BrClN2S. The topological polar surface area (TPSA) is 15.3 Å². The zero-order chi connectivity index (χ0) is 9.26. The van der Waals surface area contributed by atoms with Crippen LogP contribution in [0.15, 0.2) is 30.5 Å². The Kier molecular flexibility index (Phi) is 2.83. The molecule has 0 aromatic heterocycles. The third-order valence-corrected chi connectivity index (χ3v) is 3.28. The van der Waals surface area contributed by atoms with Gasteiger partial charge >= 0.3 is 0 Å². The Morgan fingerprint density at radius 1 is 1.46 bits per heavy atom. The second-order valence-electron chi connectivity index (χ2n) is 2.51. The first-order valence-electron chi connectivity index (χ1n) is 3.61. The minimum atomic E-state index is 0.757. The molecule has 1 heterocycles. The van der Waals surface area contributed by atoms with Gasteiger partial charge < -0.3 is 0 Å². The molecule has 0 atom stereocenters. The lowest BCUT2D eigenvalue weighted by Crippen LogP contribution is -2.09. The van der Waals surface area contributed by atoms with Crippen LogP contribution in [0.4, 0.5) is 0 Å². The van der Waals surface area contributed by atoms with Gasteiger partial charge in [0.1, 0.15) is 0 Å². The van der Waals surface area contributed by atoms with Crippen LogP contribution in [-0.4, -0.2) is 4.03 Å². The van der Waals surface area contributed by atoms with Crippen molar-refractivity contribution >= 4 is 44.6 Å². The van der Waals surface area contributed by atoms with Crippen LogP contribution in [0.5, 0.6) is 0 Å². The summed E-state index contributed by atoms with van der Waals surface area (Å²) in [4.78, 5) is 4.16. The molecule has 1 aromatic rings. The van der Waals surface area contributed by atoms with E-state index >= 15 is 0 Å². The number of hydrogen-bond donors (Lipinski definition) is 1. The molecule has 2 nitrogen and oxygen atoms in total. The maximum Gasteiger partial charge on any atom is 0.0674 e. The van der Waals surface area contributed by atoms with Crippen molar-refractivity contribution in [2.45, 2.75) is 0 Å². The van der Waals surface area contributed by atoms with Crippen molar-refractivity contribution in [2.24, 2.45) is 0 Å². The molecule has 2 rings (SSSR count). The minimum Gasteiger partial charge on any atom is -0.238 e. The number of hydrazine groups is 1. The van der Waals surface area contributed by atoms with Crippen LogP contribution in [0.1, 0.15) is 5.56 Å². The fourth-order valence-electron chi connectivity index (χ4n) is 1.02. The lowest BCUT2D eigenvalue weighted by Gasteiger charge is -1.99. The van der Waals surface area contributed by atoms with Crippen molar-refractivity contribution in [3.63, 3.8) is 0 Å². The maximum atomic E-state index is 5.88. The highest BCUT2D eigenvalue weighted by Gasteiger charge is 2.12. The summed E-state index contributed by atoms with van der Waals surface area (Å²) < 4.78 is 1.73. The molecule has 13 heavy (non-hydrogen) atoms. The van der Waals surface area contributed by atoms with Gasteiger partial charge in [0, 0.05) is 11.2 Å². The van der Waals surface area contributed by atoms with Crippen LogP contribution in [0, 0.1) is 0 Å². The quantitative estimate of drug-likeness (QED) is 0.625. The summed E-state index contributed by atoms with van der Waals surface area (Å²) in [5.74, 6) is 0. The average molecular weight is 278 g/mol. The summed E-state index contributed by atoms with van der Waals surface area (Å²) in [6.07, 6.45) is 1.95. The zero-order valence-electron chi connectivity index (χ0n) is 6.50. The van der Waals surface area contributed by atoms with E-state index in [9.17, 15) is 0 Å². The standard InChI is InChI=1S/C8H6BrClN2S/c9-12-5-8(13-11-12)6-2-1-3-7(10)4-6/h1-5,11H. The van der Waals surface area contributed by atoms with Crippen LogP contribution in [0.25, 0.3) is 4.91 Å². The van der Waals surface area contributed by atoms with E-state index in [0.717, 1.165) is 15.5 Å². The van der Waals surface area contributed by atoms with Gasteiger partial charge in [0.2, 0.25) is 0 Å². The average Bonchev–Trinajstić information content (AvgIpc) is 2.52. The predicted octanol–water partition coefficient (Wildman–Crippen LogP) is 3.42. The van der Waals surface area contributed by atoms with Gasteiger partial charge in [-0.3, -0.25) is 0 Å². The molecule has 0 fully saturated rings. The molecule has 1 aromatic carbocycles. The summed E-state index contributed by atoms with van der Waals surface area (Å²) in [6.45, 7) is 0. The molecule has 5 heteroatoms. The van der Waals surface area contributed by atoms with E-state index in [4.69, 9.17) is 11.6 Å². The number of nitrogens with zero attached hydrogens (tertiary/aromatic N) is 1. The smallest absolute Gasteiger partial charge is 0.0674 e. The third kappa shape index (κ3) is 2.20. The monoisotopic (exact) mass is 276 g/mol. The largest absolute Gasteiger partial charge is 0.238 e. The fourth-order valence-corrected chi connectivity index (χ4v) is 2.41. The first-order chi connectivity index (χ1) is 6.25. The predicted molar refractivity (Wildman–Crippen MR) is 60.9 cm³/mol. The van der Waals surface area contributed by atoms with E-state index in [1.807, 2.05) is 30.5 Å². The van der Waals surface area contributed by atoms with E-state index < -0.39 is 0 Å². The van der Waals surface area contributed by atoms with Gasteiger partial charge in [-0.25, -0.2) is 4.03 Å². The molecule has 68 valence electrons. The van der Waals surface area contributed by atoms with Crippen LogP contribution in [0.2, 0.25) is 5.02 Å². The lowest BCUT2D eigenvalue weighted by molar-refractivity contribution is 0.643. The SMILES string of the molecule is Clc1cccc(C2=CN(Br)NS2)c1. The molecule has 0 saturated heterocycles. The Balaban J connectivity index is 2.31. The summed E-state index contributed by atoms with van der Waals surface area (Å²) in [7, 11) is 0. The van der Waals surface area contributed by atoms with Crippen molar-refractivity contribution in [3.8, 4) is 0 Å². The molecule has 0 radical (unpaired) electrons. The molecule has 0 amide bonds. The van der Waals surface area contributed by atoms with E-state index in [1.165, 1.54) is 0 Å². The Hall–Kier alpha value is -0.160. The Morgan fingerprint density at radius 2 is 2.31 bits per heavy atom. The van der Waals surface area contributed by atoms with E-state index in [-0.39, 0.29) is 0 Å². The number of halogens is 2. The van der Waals surface area contributed by atoms with Gasteiger partial charge in [-0.05, 0) is 29.6 Å². The molecular weight excluding hydrogens is 272 g/mol. The molecule has 0 spiro atoms. The number of benzene rings is 1. The number of nitrogens with one attached hydrogen (secondary N) is 1. The summed E-state index contributed by atoms with van der Waals surface area (Å²) in [5.41, 5.74) is 1.12. The number of rotatable bonds is 1. The molecule has 1 aliphatic rings. The van der Waals surface area contributed by atoms with E-state index in [1.54, 1.807) is 16.0 Å². The van der Waals surface area contributed by atoms with Crippen molar-refractivity contribution in [3.05, 3.63) is 41.1 Å². The van der Waals surface area contributed by atoms with Crippen LogP contribution >= 0.6 is 39.7 Å². The molecule has 0 bridgehead atoms. The Morgan fingerprint density at radius 3 is 2.92 bits per heavy atom. The number of hydrogen-bond acceptors (Lipinski definition) is 3. The molecule has 0 unspecified atom stereocenters. The second kappa shape index (κ2) is 3.92. The van der Waals surface area contributed by atoms with Gasteiger partial charge in [-0.15, -0.1) is 0 Å². The minimum absolute atomic E-state index is 0.757. The fraction of sp³-hybridized carbons (Fsp3) is 0. The summed E-state index contributed by atoms with van der Waals surface area (Å²) >= 11 is 10.7. The second-order valence-corrected chi connectivity index (χ2v) is 4.54. The van der Waals surface area contributed by atoms with Gasteiger partial charge in [0.25, 0.3) is 0 Å². The molecule has 0 aliphatic carbocycles. The van der Waals surface area contributed by atoms with Crippen LogP contribution in [0.3, 0.4) is 0 Å². The van der Waals surface area contributed by atoms with Crippen molar-refractivity contribution in [1.82, 2.24) is 8.87 Å². The van der Waals surface area contributed by atoms with Gasteiger partial charge in [-0.1, -0.05) is 23.7 Å². The van der Waals surface area contributed by atoms with Gasteiger partial charge in [0.05, 0.1) is 21.1 Å². The Labute approximate surface area is 94.4 Å². The lowest BCUT2D eigenvalue weighted by atomic mass is 10.2. The highest BCUT2D eigenvalue weighted by molar-refractivity contribution is 9.07. The third-order valence-electron chi connectivity index (χ3n) is 1.58. The molecule has 1 N–H and O–H groups in total. The van der Waals surface area contributed by atoms with E-state index in [0.29, 0.717) is 0 Å². The van der Waals surface area contributed by atoms with Crippen LogP contribution < -0.4 is 4.83 Å². The van der Waals surface area contributed by atoms with E-state index in [2.05, 4.69) is 21.0 Å². The summed E-state index contributed by atoms with van der Waals surface area (Å²) in [6, 6.07) is 7.77. The van der Waals surface area contributed by atoms with Crippen molar-refractivity contribution in [1.29, 1.82) is 0 Å². The Bertz CT molecular complexity index is 356.